The van der Waals surface area contributed by atoms with Gasteiger partial charge in [-0.05, 0) is 37.3 Å². The lowest BCUT2D eigenvalue weighted by molar-refractivity contribution is -0.139. The third-order valence-electron chi connectivity index (χ3n) is 3.15. The van der Waals surface area contributed by atoms with E-state index in [1.807, 2.05) is 0 Å². The van der Waals surface area contributed by atoms with Crippen molar-refractivity contribution in [1.82, 2.24) is 0 Å². The number of esters is 1. The Kier molecular flexibility index (Phi) is 6.23. The molecule has 7 heteroatoms. The van der Waals surface area contributed by atoms with Gasteiger partial charge in [-0.1, -0.05) is 23.7 Å². The number of hydrogen-bond acceptors (Lipinski definition) is 4. The summed E-state index contributed by atoms with van der Waals surface area (Å²) in [7, 11) is 1.31. The summed E-state index contributed by atoms with van der Waals surface area (Å²) in [6.07, 6.45) is 0. The van der Waals surface area contributed by atoms with Gasteiger partial charge in [0, 0.05) is 4.90 Å². The number of amides is 1. The third kappa shape index (κ3) is 4.49. The first kappa shape index (κ1) is 18.3. The van der Waals surface area contributed by atoms with Crippen molar-refractivity contribution in [3.63, 3.8) is 0 Å². The van der Waals surface area contributed by atoms with Gasteiger partial charge < -0.3 is 10.1 Å². The van der Waals surface area contributed by atoms with Crippen LogP contribution in [0.5, 0.6) is 0 Å². The zero-order valence-electron chi connectivity index (χ0n) is 13.0. The summed E-state index contributed by atoms with van der Waals surface area (Å²) in [5.41, 5.74) is 0.697. The Hall–Kier alpha value is -2.05. The number of hydrogen-bond donors (Lipinski definition) is 1. The van der Waals surface area contributed by atoms with E-state index < -0.39 is 17.0 Å². The van der Waals surface area contributed by atoms with Crippen molar-refractivity contribution < 1.29 is 18.7 Å². The van der Waals surface area contributed by atoms with Crippen molar-refractivity contribution in [2.75, 3.05) is 12.4 Å². The summed E-state index contributed by atoms with van der Waals surface area (Å²) in [4.78, 5) is 24.7. The smallest absolute Gasteiger partial charge is 0.318 e. The van der Waals surface area contributed by atoms with E-state index in [0.29, 0.717) is 16.1 Å². The number of carbonyl (C=O) groups is 2. The topological polar surface area (TPSA) is 55.4 Å². The lowest BCUT2D eigenvalue weighted by atomic mass is 10.2. The average molecular weight is 368 g/mol. The van der Waals surface area contributed by atoms with Crippen molar-refractivity contribution in [2.24, 2.45) is 0 Å². The number of methoxy groups -OCH3 is 1. The number of halogens is 2. The van der Waals surface area contributed by atoms with Crippen LogP contribution >= 0.6 is 23.4 Å². The van der Waals surface area contributed by atoms with Crippen molar-refractivity contribution in [1.29, 1.82) is 0 Å². The minimum absolute atomic E-state index is 0.108. The van der Waals surface area contributed by atoms with E-state index in [9.17, 15) is 14.0 Å². The van der Waals surface area contributed by atoms with Crippen molar-refractivity contribution in [2.45, 2.75) is 17.1 Å². The molecule has 126 valence electrons. The summed E-state index contributed by atoms with van der Waals surface area (Å²) < 4.78 is 17.8. The third-order valence-corrected chi connectivity index (χ3v) is 4.62. The van der Waals surface area contributed by atoms with E-state index in [4.69, 9.17) is 16.3 Å². The van der Waals surface area contributed by atoms with Gasteiger partial charge in [-0.2, -0.15) is 0 Å². The molecule has 0 aliphatic heterocycles. The molecule has 2 aromatic carbocycles. The molecule has 4 nitrogen and oxygen atoms in total. The van der Waals surface area contributed by atoms with Gasteiger partial charge in [-0.25, -0.2) is 4.39 Å². The van der Waals surface area contributed by atoms with E-state index in [1.165, 1.54) is 31.0 Å². The number of nitrogens with one attached hydrogen (secondary N) is 1. The molecule has 0 saturated carbocycles. The molecule has 1 unspecified atom stereocenters. The maximum atomic E-state index is 13.1. The number of ether oxygens (including phenoxy) is 1. The maximum Gasteiger partial charge on any atom is 0.318 e. The van der Waals surface area contributed by atoms with Gasteiger partial charge in [-0.3, -0.25) is 9.59 Å². The molecule has 0 bridgehead atoms. The Bertz CT molecular complexity index is 769. The lowest BCUT2D eigenvalue weighted by Gasteiger charge is -2.13. The van der Waals surface area contributed by atoms with Gasteiger partial charge in [0.25, 0.3) is 5.91 Å². The highest BCUT2D eigenvalue weighted by Gasteiger charge is 2.19. The van der Waals surface area contributed by atoms with Crippen LogP contribution in [0.3, 0.4) is 0 Å². The first-order valence-electron chi connectivity index (χ1n) is 7.02. The zero-order valence-corrected chi connectivity index (χ0v) is 14.6. The van der Waals surface area contributed by atoms with Gasteiger partial charge in [0.15, 0.2) is 0 Å². The second kappa shape index (κ2) is 8.17. The van der Waals surface area contributed by atoms with Crippen molar-refractivity contribution in [3.05, 3.63) is 58.9 Å². The molecule has 0 radical (unpaired) electrons. The first-order chi connectivity index (χ1) is 11.4. The largest absolute Gasteiger partial charge is 0.468 e. The Morgan fingerprint density at radius 1 is 1.25 bits per heavy atom. The predicted octanol–water partition coefficient (Wildman–Crippen LogP) is 4.39. The predicted molar refractivity (Wildman–Crippen MR) is 93.1 cm³/mol. The fourth-order valence-electron chi connectivity index (χ4n) is 1.94. The lowest BCUT2D eigenvalue weighted by Crippen LogP contribution is -2.17. The molecule has 2 rings (SSSR count). The molecule has 0 aromatic heterocycles. The van der Waals surface area contributed by atoms with E-state index >= 15 is 0 Å². The molecule has 1 N–H and O–H groups in total. The summed E-state index contributed by atoms with van der Waals surface area (Å²) in [6.45, 7) is 1.70. The zero-order chi connectivity index (χ0) is 17.7. The molecular formula is C17H15ClFNO3S. The Labute approximate surface area is 148 Å². The Morgan fingerprint density at radius 3 is 2.62 bits per heavy atom. The Balaban J connectivity index is 2.22. The molecule has 1 atom stereocenters. The molecule has 2 aromatic rings. The number of anilines is 1. The van der Waals surface area contributed by atoms with Gasteiger partial charge in [0.05, 0.1) is 23.4 Å². The van der Waals surface area contributed by atoms with E-state index in [2.05, 4.69) is 5.32 Å². The molecule has 0 spiro atoms. The molecule has 24 heavy (non-hydrogen) atoms. The second-order valence-electron chi connectivity index (χ2n) is 4.86. The highest BCUT2D eigenvalue weighted by atomic mass is 35.5. The van der Waals surface area contributed by atoms with E-state index in [1.54, 1.807) is 31.2 Å². The van der Waals surface area contributed by atoms with Crippen LogP contribution < -0.4 is 5.32 Å². The van der Waals surface area contributed by atoms with Gasteiger partial charge in [0.2, 0.25) is 0 Å². The highest BCUT2D eigenvalue weighted by molar-refractivity contribution is 8.00. The van der Waals surface area contributed by atoms with Crippen LogP contribution in [0.2, 0.25) is 5.02 Å². The van der Waals surface area contributed by atoms with Gasteiger partial charge >= 0.3 is 5.97 Å². The van der Waals surface area contributed by atoms with E-state index in [-0.39, 0.29) is 11.0 Å². The minimum atomic E-state index is -0.485. The van der Waals surface area contributed by atoms with Crippen LogP contribution in [0.4, 0.5) is 10.1 Å². The summed E-state index contributed by atoms with van der Waals surface area (Å²) in [5.74, 6) is -1.26. The van der Waals surface area contributed by atoms with Gasteiger partial charge in [0.1, 0.15) is 11.1 Å². The van der Waals surface area contributed by atoms with Gasteiger partial charge in [-0.15, -0.1) is 11.8 Å². The first-order valence-corrected chi connectivity index (χ1v) is 8.28. The fraction of sp³-hybridized carbons (Fsp3) is 0.176. The molecule has 1 amide bonds. The molecule has 0 aliphatic rings. The number of rotatable bonds is 5. The SMILES string of the molecule is COC(=O)C(C)Sc1ccccc1C(=O)Nc1ccc(F)cc1Cl. The number of carbonyl (C=O) groups excluding carboxylic acids is 2. The molecule has 0 aliphatic carbocycles. The monoisotopic (exact) mass is 367 g/mol. The summed E-state index contributed by atoms with van der Waals surface area (Å²) in [6, 6.07) is 10.6. The van der Waals surface area contributed by atoms with Crippen LogP contribution in [-0.2, 0) is 9.53 Å². The molecular weight excluding hydrogens is 353 g/mol. The van der Waals surface area contributed by atoms with Crippen LogP contribution in [0, 0.1) is 5.82 Å². The van der Waals surface area contributed by atoms with E-state index in [0.717, 1.165) is 6.07 Å². The normalized spacial score (nSPS) is 11.7. The summed E-state index contributed by atoms with van der Waals surface area (Å²) in [5, 5.41) is 2.29. The van der Waals surface area contributed by atoms with Crippen molar-refractivity contribution >= 4 is 40.9 Å². The summed E-state index contributed by atoms with van der Waals surface area (Å²) >= 11 is 7.14. The second-order valence-corrected chi connectivity index (χ2v) is 6.65. The quantitative estimate of drug-likeness (QED) is 0.629. The standard InChI is InChI=1S/C17H15ClFNO3S/c1-10(17(22)23-2)24-15-6-4-3-5-12(15)16(21)20-14-8-7-11(19)9-13(14)18/h3-10H,1-2H3,(H,20,21). The molecule has 0 heterocycles. The average Bonchev–Trinajstić information content (AvgIpc) is 2.57. The number of benzene rings is 2. The fourth-order valence-corrected chi connectivity index (χ4v) is 3.17. The molecule has 0 saturated heterocycles. The van der Waals surface area contributed by atoms with Crippen LogP contribution in [0.25, 0.3) is 0 Å². The Morgan fingerprint density at radius 2 is 1.96 bits per heavy atom. The number of thioether (sulfide) groups is 1. The molecule has 0 fully saturated rings. The minimum Gasteiger partial charge on any atom is -0.468 e. The van der Waals surface area contributed by atoms with Crippen LogP contribution in [0.1, 0.15) is 17.3 Å². The van der Waals surface area contributed by atoms with Crippen molar-refractivity contribution in [3.8, 4) is 0 Å². The van der Waals surface area contributed by atoms with Crippen LogP contribution in [0.15, 0.2) is 47.4 Å². The highest BCUT2D eigenvalue weighted by Crippen LogP contribution is 2.29. The maximum absolute atomic E-state index is 13.1. The van der Waals surface area contributed by atoms with Crippen LogP contribution in [-0.4, -0.2) is 24.2 Å².